The highest BCUT2D eigenvalue weighted by Gasteiger charge is 2.12. The molecule has 1 aromatic rings. The predicted octanol–water partition coefficient (Wildman–Crippen LogP) is 0.312. The van der Waals surface area contributed by atoms with Crippen molar-refractivity contribution >= 4 is 11.6 Å². The summed E-state index contributed by atoms with van der Waals surface area (Å²) >= 11 is 0. The van der Waals surface area contributed by atoms with Gasteiger partial charge in [0.1, 0.15) is 0 Å². The molecule has 0 unspecified atom stereocenters. The van der Waals surface area contributed by atoms with Gasteiger partial charge in [0.2, 0.25) is 12.7 Å². The number of amides is 1. The molecule has 1 aliphatic rings. The van der Waals surface area contributed by atoms with Gasteiger partial charge in [-0.15, -0.1) is 0 Å². The Bertz CT molecular complexity index is 365. The first-order valence-electron chi connectivity index (χ1n) is 4.17. The summed E-state index contributed by atoms with van der Waals surface area (Å²) in [5, 5.41) is 2.86. The molecule has 1 heterocycles. The lowest BCUT2D eigenvalue weighted by atomic mass is 10.3. The third-order valence-corrected chi connectivity index (χ3v) is 1.84. The van der Waals surface area contributed by atoms with Crippen molar-refractivity contribution < 1.29 is 14.3 Å². The van der Waals surface area contributed by atoms with Crippen LogP contribution in [0.25, 0.3) is 0 Å². The minimum Gasteiger partial charge on any atom is -0.454 e. The van der Waals surface area contributed by atoms with E-state index in [-0.39, 0.29) is 13.3 Å². The van der Waals surface area contributed by atoms with E-state index in [0.29, 0.717) is 5.75 Å². The zero-order valence-corrected chi connectivity index (χ0v) is 7.45. The van der Waals surface area contributed by atoms with E-state index in [9.17, 15) is 4.79 Å². The van der Waals surface area contributed by atoms with Gasteiger partial charge in [-0.2, -0.15) is 0 Å². The second kappa shape index (κ2) is 3.45. The summed E-state index contributed by atoms with van der Waals surface area (Å²) < 4.78 is 10.3. The van der Waals surface area contributed by atoms with Gasteiger partial charge in [0.15, 0.2) is 11.5 Å². The number of carbonyl (C=O) groups excluding carboxylic acids is 1. The second-order valence-electron chi connectivity index (χ2n) is 2.89. The van der Waals surface area contributed by atoms with Crippen LogP contribution in [0.1, 0.15) is 0 Å². The topological polar surface area (TPSA) is 73.6 Å². The van der Waals surface area contributed by atoms with Crippen LogP contribution >= 0.6 is 0 Å². The number of anilines is 1. The molecule has 0 bridgehead atoms. The van der Waals surface area contributed by atoms with Crippen molar-refractivity contribution in [1.82, 2.24) is 0 Å². The number of primary amides is 1. The molecule has 0 saturated carbocycles. The fourth-order valence-electron chi connectivity index (χ4n) is 1.20. The van der Waals surface area contributed by atoms with Crippen molar-refractivity contribution in [2.75, 3.05) is 18.7 Å². The molecular formula is C9H10N2O3. The SMILES string of the molecule is NC(=O)CNc1ccc2c(c1)OCO2. The maximum atomic E-state index is 10.5. The molecule has 0 spiro atoms. The van der Waals surface area contributed by atoms with Crippen LogP contribution in [0.4, 0.5) is 5.69 Å². The van der Waals surface area contributed by atoms with Crippen LogP contribution in [0.5, 0.6) is 11.5 Å². The minimum absolute atomic E-state index is 0.111. The third kappa shape index (κ3) is 1.71. The smallest absolute Gasteiger partial charge is 0.236 e. The molecule has 3 N–H and O–H groups in total. The van der Waals surface area contributed by atoms with E-state index in [0.717, 1.165) is 11.4 Å². The van der Waals surface area contributed by atoms with Crippen molar-refractivity contribution in [2.24, 2.45) is 5.73 Å². The number of nitrogens with two attached hydrogens (primary N) is 1. The van der Waals surface area contributed by atoms with Gasteiger partial charge in [-0.3, -0.25) is 4.79 Å². The van der Waals surface area contributed by atoms with Crippen LogP contribution < -0.4 is 20.5 Å². The summed E-state index contributed by atoms with van der Waals surface area (Å²) in [5.74, 6) is 0.997. The summed E-state index contributed by atoms with van der Waals surface area (Å²) in [5.41, 5.74) is 5.78. The van der Waals surface area contributed by atoms with Gasteiger partial charge >= 0.3 is 0 Å². The van der Waals surface area contributed by atoms with E-state index in [4.69, 9.17) is 15.2 Å². The van der Waals surface area contributed by atoms with Crippen LogP contribution in [-0.2, 0) is 4.79 Å². The van der Waals surface area contributed by atoms with Gasteiger partial charge in [-0.1, -0.05) is 0 Å². The minimum atomic E-state index is -0.400. The maximum absolute atomic E-state index is 10.5. The van der Waals surface area contributed by atoms with Crippen molar-refractivity contribution in [3.05, 3.63) is 18.2 Å². The number of nitrogens with one attached hydrogen (secondary N) is 1. The molecule has 14 heavy (non-hydrogen) atoms. The Kier molecular flexibility index (Phi) is 2.14. The molecule has 0 aliphatic carbocycles. The highest BCUT2D eigenvalue weighted by molar-refractivity contribution is 5.79. The van der Waals surface area contributed by atoms with E-state index in [2.05, 4.69) is 5.32 Å². The fraction of sp³-hybridized carbons (Fsp3) is 0.222. The van der Waals surface area contributed by atoms with Gasteiger partial charge < -0.3 is 20.5 Å². The molecule has 5 heteroatoms. The Morgan fingerprint density at radius 1 is 1.43 bits per heavy atom. The number of fused-ring (bicyclic) bond motifs is 1. The van der Waals surface area contributed by atoms with E-state index in [1.165, 1.54) is 0 Å². The molecule has 0 atom stereocenters. The largest absolute Gasteiger partial charge is 0.454 e. The second-order valence-corrected chi connectivity index (χ2v) is 2.89. The van der Waals surface area contributed by atoms with Crippen LogP contribution in [0.15, 0.2) is 18.2 Å². The fourth-order valence-corrected chi connectivity index (χ4v) is 1.20. The Morgan fingerprint density at radius 2 is 2.21 bits per heavy atom. The number of carbonyl (C=O) groups is 1. The van der Waals surface area contributed by atoms with Gasteiger partial charge in [-0.25, -0.2) is 0 Å². The van der Waals surface area contributed by atoms with Gasteiger partial charge in [-0.05, 0) is 12.1 Å². The summed E-state index contributed by atoms with van der Waals surface area (Å²) in [4.78, 5) is 10.5. The van der Waals surface area contributed by atoms with Gasteiger partial charge in [0, 0.05) is 11.8 Å². The lowest BCUT2D eigenvalue weighted by Crippen LogP contribution is -2.21. The van der Waals surface area contributed by atoms with Crippen molar-refractivity contribution in [3.63, 3.8) is 0 Å². The molecule has 2 rings (SSSR count). The third-order valence-electron chi connectivity index (χ3n) is 1.84. The molecule has 0 saturated heterocycles. The van der Waals surface area contributed by atoms with Crippen LogP contribution in [-0.4, -0.2) is 19.2 Å². The van der Waals surface area contributed by atoms with E-state index in [1.807, 2.05) is 0 Å². The number of benzene rings is 1. The molecule has 5 nitrogen and oxygen atoms in total. The molecule has 74 valence electrons. The van der Waals surface area contributed by atoms with Crippen molar-refractivity contribution in [2.45, 2.75) is 0 Å². The molecule has 1 aliphatic heterocycles. The quantitative estimate of drug-likeness (QED) is 0.726. The highest BCUT2D eigenvalue weighted by atomic mass is 16.7. The Balaban J connectivity index is 2.09. The Hall–Kier alpha value is -1.91. The highest BCUT2D eigenvalue weighted by Crippen LogP contribution is 2.33. The predicted molar refractivity (Wildman–Crippen MR) is 50.2 cm³/mol. The van der Waals surface area contributed by atoms with Crippen molar-refractivity contribution in [3.8, 4) is 11.5 Å². The van der Waals surface area contributed by atoms with E-state index < -0.39 is 5.91 Å². The average Bonchev–Trinajstić information content (AvgIpc) is 2.61. The van der Waals surface area contributed by atoms with E-state index >= 15 is 0 Å². The molecule has 1 aromatic carbocycles. The molecule has 0 fully saturated rings. The zero-order chi connectivity index (χ0) is 9.97. The monoisotopic (exact) mass is 194 g/mol. The molecule has 0 aromatic heterocycles. The van der Waals surface area contributed by atoms with Gasteiger partial charge in [0.25, 0.3) is 0 Å². The maximum Gasteiger partial charge on any atom is 0.236 e. The summed E-state index contributed by atoms with van der Waals surface area (Å²) in [6, 6.07) is 5.35. The molecule has 1 amide bonds. The Morgan fingerprint density at radius 3 is 3.00 bits per heavy atom. The first kappa shape index (κ1) is 8.68. The average molecular weight is 194 g/mol. The summed E-state index contributed by atoms with van der Waals surface area (Å²) in [6.45, 7) is 0.355. The number of hydrogen-bond donors (Lipinski definition) is 2. The van der Waals surface area contributed by atoms with Crippen molar-refractivity contribution in [1.29, 1.82) is 0 Å². The molecule has 0 radical (unpaired) electrons. The normalized spacial score (nSPS) is 12.6. The standard InChI is InChI=1S/C9H10N2O3/c10-9(12)4-11-6-1-2-7-8(3-6)14-5-13-7/h1-3,11H,4-5H2,(H2,10,12). The van der Waals surface area contributed by atoms with Crippen LogP contribution in [0.3, 0.4) is 0 Å². The number of hydrogen-bond acceptors (Lipinski definition) is 4. The first-order valence-corrected chi connectivity index (χ1v) is 4.17. The van der Waals surface area contributed by atoms with E-state index in [1.54, 1.807) is 18.2 Å². The lowest BCUT2D eigenvalue weighted by molar-refractivity contribution is -0.116. The number of ether oxygens (including phenoxy) is 2. The summed E-state index contributed by atoms with van der Waals surface area (Å²) in [7, 11) is 0. The zero-order valence-electron chi connectivity index (χ0n) is 7.45. The summed E-state index contributed by atoms with van der Waals surface area (Å²) in [6.07, 6.45) is 0. The Labute approximate surface area is 80.8 Å². The van der Waals surface area contributed by atoms with Gasteiger partial charge in [0.05, 0.1) is 6.54 Å². The van der Waals surface area contributed by atoms with Crippen LogP contribution in [0, 0.1) is 0 Å². The molecular weight excluding hydrogens is 184 g/mol. The van der Waals surface area contributed by atoms with Crippen LogP contribution in [0.2, 0.25) is 0 Å². The first-order chi connectivity index (χ1) is 6.75. The lowest BCUT2D eigenvalue weighted by Gasteiger charge is -2.04. The number of rotatable bonds is 3.